The summed E-state index contributed by atoms with van der Waals surface area (Å²) >= 11 is 0. The Morgan fingerprint density at radius 2 is 1.82 bits per heavy atom. The molecule has 0 aromatic heterocycles. The summed E-state index contributed by atoms with van der Waals surface area (Å²) in [5, 5.41) is 3.04. The van der Waals surface area contributed by atoms with Crippen LogP contribution < -0.4 is 5.32 Å². The number of carbonyl (C=O) groups excluding carboxylic acids is 1. The van der Waals surface area contributed by atoms with Crippen molar-refractivity contribution in [2.75, 3.05) is 53.9 Å². The number of benzene rings is 1. The fourth-order valence-electron chi connectivity index (χ4n) is 2.77. The molecule has 0 saturated carbocycles. The standard InChI is InChI=1S/C17H28N4O/c1-19(2)17(22)18-14-16(13-15-7-5-4-6-8-15)21-11-9-20(3)10-12-21/h4-8,16H,9-14H2,1-3H3,(H,18,22). The van der Waals surface area contributed by atoms with Crippen LogP contribution in [0.2, 0.25) is 0 Å². The van der Waals surface area contributed by atoms with Gasteiger partial charge in [0.15, 0.2) is 0 Å². The lowest BCUT2D eigenvalue weighted by Crippen LogP contribution is -2.53. The van der Waals surface area contributed by atoms with Gasteiger partial charge in [-0.25, -0.2) is 4.79 Å². The van der Waals surface area contributed by atoms with Crippen molar-refractivity contribution in [2.45, 2.75) is 12.5 Å². The minimum Gasteiger partial charge on any atom is -0.336 e. The van der Waals surface area contributed by atoms with Gasteiger partial charge in [-0.05, 0) is 19.0 Å². The number of rotatable bonds is 5. The van der Waals surface area contributed by atoms with Crippen LogP contribution in [0.3, 0.4) is 0 Å². The molecule has 0 bridgehead atoms. The molecule has 1 saturated heterocycles. The van der Waals surface area contributed by atoms with Crippen LogP contribution in [0.5, 0.6) is 0 Å². The number of nitrogens with one attached hydrogen (secondary N) is 1. The Morgan fingerprint density at radius 1 is 1.18 bits per heavy atom. The van der Waals surface area contributed by atoms with E-state index in [4.69, 9.17) is 0 Å². The fraction of sp³-hybridized carbons (Fsp3) is 0.588. The topological polar surface area (TPSA) is 38.8 Å². The minimum atomic E-state index is -0.0211. The van der Waals surface area contributed by atoms with E-state index in [0.29, 0.717) is 12.6 Å². The van der Waals surface area contributed by atoms with Gasteiger partial charge in [0.05, 0.1) is 0 Å². The summed E-state index contributed by atoms with van der Waals surface area (Å²) in [7, 11) is 5.71. The number of piperazine rings is 1. The number of hydrogen-bond acceptors (Lipinski definition) is 3. The first kappa shape index (κ1) is 16.8. The van der Waals surface area contributed by atoms with Crippen molar-refractivity contribution < 1.29 is 4.79 Å². The van der Waals surface area contributed by atoms with Crippen LogP contribution >= 0.6 is 0 Å². The van der Waals surface area contributed by atoms with Crippen molar-refractivity contribution >= 4 is 6.03 Å². The van der Waals surface area contributed by atoms with Gasteiger partial charge in [-0.15, -0.1) is 0 Å². The highest BCUT2D eigenvalue weighted by Gasteiger charge is 2.23. The summed E-state index contributed by atoms with van der Waals surface area (Å²) in [4.78, 5) is 18.3. The van der Waals surface area contributed by atoms with Crippen LogP contribution in [0.15, 0.2) is 30.3 Å². The van der Waals surface area contributed by atoms with E-state index < -0.39 is 0 Å². The molecule has 2 rings (SSSR count). The lowest BCUT2D eigenvalue weighted by Gasteiger charge is -2.38. The Hall–Kier alpha value is -1.59. The van der Waals surface area contributed by atoms with Crippen molar-refractivity contribution in [3.63, 3.8) is 0 Å². The molecule has 22 heavy (non-hydrogen) atoms. The lowest BCUT2D eigenvalue weighted by atomic mass is 10.0. The van der Waals surface area contributed by atoms with Gasteiger partial charge < -0.3 is 15.1 Å². The number of urea groups is 1. The first-order valence-corrected chi connectivity index (χ1v) is 7.98. The Bertz CT molecular complexity index is 455. The highest BCUT2D eigenvalue weighted by atomic mass is 16.2. The van der Waals surface area contributed by atoms with Crippen molar-refractivity contribution in [3.8, 4) is 0 Å². The molecule has 5 nitrogen and oxygen atoms in total. The predicted molar refractivity (Wildman–Crippen MR) is 90.1 cm³/mol. The molecular weight excluding hydrogens is 276 g/mol. The normalized spacial score (nSPS) is 18.0. The molecule has 0 radical (unpaired) electrons. The summed E-state index contributed by atoms with van der Waals surface area (Å²) in [6.07, 6.45) is 0.970. The third kappa shape index (κ3) is 5.00. The van der Waals surface area contributed by atoms with Crippen molar-refractivity contribution in [2.24, 2.45) is 0 Å². The van der Waals surface area contributed by atoms with Gasteiger partial charge in [-0.2, -0.15) is 0 Å². The summed E-state index contributed by atoms with van der Waals surface area (Å²) in [6.45, 7) is 4.99. The molecule has 5 heteroatoms. The van der Waals surface area contributed by atoms with Crippen LogP contribution in [0.1, 0.15) is 5.56 Å². The Kier molecular flexibility index (Phi) is 6.21. The quantitative estimate of drug-likeness (QED) is 0.886. The van der Waals surface area contributed by atoms with Crippen molar-refractivity contribution in [3.05, 3.63) is 35.9 Å². The predicted octanol–water partition coefficient (Wildman–Crippen LogP) is 1.12. The second-order valence-electron chi connectivity index (χ2n) is 6.26. The Labute approximate surface area is 133 Å². The highest BCUT2D eigenvalue weighted by Crippen LogP contribution is 2.11. The molecule has 2 amide bonds. The number of carbonyl (C=O) groups is 1. The van der Waals surface area contributed by atoms with Crippen LogP contribution in [-0.4, -0.2) is 80.6 Å². The summed E-state index contributed by atoms with van der Waals surface area (Å²) in [6, 6.07) is 10.9. The first-order valence-electron chi connectivity index (χ1n) is 7.98. The second-order valence-corrected chi connectivity index (χ2v) is 6.26. The molecule has 1 unspecified atom stereocenters. The molecule has 1 fully saturated rings. The number of hydrogen-bond donors (Lipinski definition) is 1. The van der Waals surface area contributed by atoms with Crippen LogP contribution in [-0.2, 0) is 6.42 Å². The average Bonchev–Trinajstić information content (AvgIpc) is 2.53. The SMILES string of the molecule is CN1CCN(C(CNC(=O)N(C)C)Cc2ccccc2)CC1. The van der Waals surface area contributed by atoms with E-state index in [1.165, 1.54) is 5.56 Å². The molecule has 1 aliphatic heterocycles. The summed E-state index contributed by atoms with van der Waals surface area (Å²) in [5.74, 6) is 0. The van der Waals surface area contributed by atoms with E-state index in [9.17, 15) is 4.79 Å². The molecule has 1 heterocycles. The zero-order chi connectivity index (χ0) is 15.9. The molecular formula is C17H28N4O. The smallest absolute Gasteiger partial charge is 0.316 e. The van der Waals surface area contributed by atoms with Gasteiger partial charge >= 0.3 is 6.03 Å². The molecule has 0 aliphatic carbocycles. The maximum Gasteiger partial charge on any atom is 0.316 e. The fourth-order valence-corrected chi connectivity index (χ4v) is 2.77. The van der Waals surface area contributed by atoms with E-state index in [1.807, 2.05) is 6.07 Å². The zero-order valence-corrected chi connectivity index (χ0v) is 14.0. The van der Waals surface area contributed by atoms with Crippen LogP contribution in [0, 0.1) is 0 Å². The van der Waals surface area contributed by atoms with Gasteiger partial charge in [-0.3, -0.25) is 4.90 Å². The minimum absolute atomic E-state index is 0.0211. The number of amides is 2. The largest absolute Gasteiger partial charge is 0.336 e. The Morgan fingerprint density at radius 3 is 2.41 bits per heavy atom. The maximum absolute atomic E-state index is 11.8. The average molecular weight is 304 g/mol. The molecule has 122 valence electrons. The molecule has 1 atom stereocenters. The van der Waals surface area contributed by atoms with E-state index >= 15 is 0 Å². The molecule has 1 N–H and O–H groups in total. The van der Waals surface area contributed by atoms with E-state index in [1.54, 1.807) is 19.0 Å². The maximum atomic E-state index is 11.8. The molecule has 1 aromatic rings. The van der Waals surface area contributed by atoms with E-state index in [-0.39, 0.29) is 6.03 Å². The van der Waals surface area contributed by atoms with E-state index in [0.717, 1.165) is 32.6 Å². The number of nitrogens with zero attached hydrogens (tertiary/aromatic N) is 3. The molecule has 0 spiro atoms. The van der Waals surface area contributed by atoms with Gasteiger partial charge in [0.1, 0.15) is 0 Å². The highest BCUT2D eigenvalue weighted by molar-refractivity contribution is 5.73. The third-order valence-electron chi connectivity index (χ3n) is 4.26. The van der Waals surface area contributed by atoms with Crippen LogP contribution in [0.25, 0.3) is 0 Å². The Balaban J connectivity index is 1.98. The third-order valence-corrected chi connectivity index (χ3v) is 4.26. The monoisotopic (exact) mass is 304 g/mol. The van der Waals surface area contributed by atoms with E-state index in [2.05, 4.69) is 46.4 Å². The van der Waals surface area contributed by atoms with Crippen LogP contribution in [0.4, 0.5) is 4.79 Å². The second kappa shape index (κ2) is 8.15. The molecule has 1 aliphatic rings. The lowest BCUT2D eigenvalue weighted by molar-refractivity contribution is 0.110. The van der Waals surface area contributed by atoms with Crippen molar-refractivity contribution in [1.29, 1.82) is 0 Å². The zero-order valence-electron chi connectivity index (χ0n) is 14.0. The number of likely N-dealkylation sites (N-methyl/N-ethyl adjacent to an activating group) is 1. The van der Waals surface area contributed by atoms with Gasteiger partial charge in [0.2, 0.25) is 0 Å². The molecule has 1 aromatic carbocycles. The summed E-state index contributed by atoms with van der Waals surface area (Å²) in [5.41, 5.74) is 1.32. The summed E-state index contributed by atoms with van der Waals surface area (Å²) < 4.78 is 0. The van der Waals surface area contributed by atoms with Crippen molar-refractivity contribution in [1.82, 2.24) is 20.0 Å². The first-order chi connectivity index (χ1) is 10.6. The van der Waals surface area contributed by atoms with Gasteiger partial charge in [0, 0.05) is 52.9 Å². The van der Waals surface area contributed by atoms with Gasteiger partial charge in [0.25, 0.3) is 0 Å². The van der Waals surface area contributed by atoms with Gasteiger partial charge in [-0.1, -0.05) is 30.3 Å².